The van der Waals surface area contributed by atoms with Crippen molar-refractivity contribution >= 4 is 5.69 Å². The Morgan fingerprint density at radius 3 is 2.71 bits per heavy atom. The van der Waals surface area contributed by atoms with E-state index in [-0.39, 0.29) is 11.9 Å². The van der Waals surface area contributed by atoms with Crippen LogP contribution in [0.2, 0.25) is 0 Å². The Morgan fingerprint density at radius 1 is 1.43 bits per heavy atom. The van der Waals surface area contributed by atoms with Gasteiger partial charge < -0.3 is 16.2 Å². The van der Waals surface area contributed by atoms with Gasteiger partial charge in [-0.3, -0.25) is 0 Å². The number of nitrogens with two attached hydrogens (primary N) is 2. The maximum absolute atomic E-state index is 12.9. The molecule has 1 rings (SSSR count). The van der Waals surface area contributed by atoms with Crippen molar-refractivity contribution < 1.29 is 9.13 Å². The lowest BCUT2D eigenvalue weighted by Crippen LogP contribution is -2.21. The monoisotopic (exact) mass is 198 g/mol. The highest BCUT2D eigenvalue weighted by Gasteiger charge is 1.99. The zero-order valence-corrected chi connectivity index (χ0v) is 8.16. The maximum Gasteiger partial charge on any atom is 0.125 e. The van der Waals surface area contributed by atoms with Crippen molar-refractivity contribution in [3.8, 4) is 0 Å². The van der Waals surface area contributed by atoms with E-state index in [1.54, 1.807) is 6.07 Å². The van der Waals surface area contributed by atoms with E-state index in [9.17, 15) is 4.39 Å². The van der Waals surface area contributed by atoms with Crippen molar-refractivity contribution in [2.75, 3.05) is 12.3 Å². The van der Waals surface area contributed by atoms with Crippen LogP contribution in [0.4, 0.5) is 10.1 Å². The van der Waals surface area contributed by atoms with Gasteiger partial charge in [-0.2, -0.15) is 0 Å². The molecule has 14 heavy (non-hydrogen) atoms. The van der Waals surface area contributed by atoms with Gasteiger partial charge in [-0.25, -0.2) is 4.39 Å². The van der Waals surface area contributed by atoms with Crippen LogP contribution in [0.5, 0.6) is 0 Å². The fourth-order valence-electron chi connectivity index (χ4n) is 1.12. The molecular formula is C10H15FN2O. The zero-order chi connectivity index (χ0) is 10.6. The van der Waals surface area contributed by atoms with E-state index in [0.717, 1.165) is 5.56 Å². The predicted molar refractivity (Wildman–Crippen MR) is 54.1 cm³/mol. The van der Waals surface area contributed by atoms with Gasteiger partial charge in [0.25, 0.3) is 0 Å². The Balaban J connectivity index is 2.50. The van der Waals surface area contributed by atoms with Crippen LogP contribution in [0.15, 0.2) is 18.2 Å². The second-order valence-corrected chi connectivity index (χ2v) is 3.39. The highest BCUT2D eigenvalue weighted by molar-refractivity contribution is 5.41. The van der Waals surface area contributed by atoms with Gasteiger partial charge in [0.2, 0.25) is 0 Å². The Morgan fingerprint density at radius 2 is 2.14 bits per heavy atom. The van der Waals surface area contributed by atoms with E-state index in [1.807, 2.05) is 6.92 Å². The number of hydrogen-bond acceptors (Lipinski definition) is 3. The van der Waals surface area contributed by atoms with E-state index in [1.165, 1.54) is 12.1 Å². The molecule has 0 fully saturated rings. The van der Waals surface area contributed by atoms with Crippen LogP contribution in [0.1, 0.15) is 12.5 Å². The van der Waals surface area contributed by atoms with Gasteiger partial charge >= 0.3 is 0 Å². The average molecular weight is 198 g/mol. The molecule has 0 unspecified atom stereocenters. The summed E-state index contributed by atoms with van der Waals surface area (Å²) in [5.41, 5.74) is 12.1. The summed E-state index contributed by atoms with van der Waals surface area (Å²) in [7, 11) is 0. The third-order valence-corrected chi connectivity index (χ3v) is 1.63. The number of rotatable bonds is 4. The van der Waals surface area contributed by atoms with Gasteiger partial charge in [0.15, 0.2) is 0 Å². The zero-order valence-electron chi connectivity index (χ0n) is 8.16. The Bertz CT molecular complexity index is 282. The molecule has 0 saturated carbocycles. The van der Waals surface area contributed by atoms with Crippen molar-refractivity contribution in [1.82, 2.24) is 0 Å². The SMILES string of the molecule is C[C@@H](N)COCc1cc(N)cc(F)c1. The molecular weight excluding hydrogens is 183 g/mol. The summed E-state index contributed by atoms with van der Waals surface area (Å²) in [6.45, 7) is 2.64. The molecule has 0 aliphatic heterocycles. The first-order chi connectivity index (χ1) is 6.58. The fourth-order valence-corrected chi connectivity index (χ4v) is 1.12. The number of benzene rings is 1. The molecule has 0 heterocycles. The molecule has 0 bridgehead atoms. The van der Waals surface area contributed by atoms with E-state index in [0.29, 0.717) is 18.9 Å². The lowest BCUT2D eigenvalue weighted by atomic mass is 10.2. The van der Waals surface area contributed by atoms with Crippen molar-refractivity contribution in [3.05, 3.63) is 29.6 Å². The van der Waals surface area contributed by atoms with Gasteiger partial charge in [-0.15, -0.1) is 0 Å². The lowest BCUT2D eigenvalue weighted by molar-refractivity contribution is 0.111. The normalized spacial score (nSPS) is 12.8. The molecule has 0 amide bonds. The first-order valence-electron chi connectivity index (χ1n) is 4.46. The summed E-state index contributed by atoms with van der Waals surface area (Å²) in [6.07, 6.45) is 0. The molecule has 0 aliphatic rings. The molecule has 0 radical (unpaired) electrons. The highest BCUT2D eigenvalue weighted by Crippen LogP contribution is 2.11. The maximum atomic E-state index is 12.9. The third-order valence-electron chi connectivity index (χ3n) is 1.63. The molecule has 4 N–H and O–H groups in total. The first kappa shape index (κ1) is 10.9. The Hall–Kier alpha value is -1.13. The highest BCUT2D eigenvalue weighted by atomic mass is 19.1. The van der Waals surface area contributed by atoms with E-state index >= 15 is 0 Å². The van der Waals surface area contributed by atoms with E-state index < -0.39 is 0 Å². The predicted octanol–water partition coefficient (Wildman–Crippen LogP) is 1.27. The lowest BCUT2D eigenvalue weighted by Gasteiger charge is -2.07. The molecule has 1 aromatic rings. The summed E-state index contributed by atoms with van der Waals surface area (Å²) in [5.74, 6) is -0.343. The molecule has 4 heteroatoms. The minimum Gasteiger partial charge on any atom is -0.399 e. The minimum absolute atomic E-state index is 0.0130. The average Bonchev–Trinajstić information content (AvgIpc) is 2.01. The molecule has 78 valence electrons. The Labute approximate surface area is 82.9 Å². The molecule has 0 saturated heterocycles. The first-order valence-corrected chi connectivity index (χ1v) is 4.46. The van der Waals surface area contributed by atoms with Crippen molar-refractivity contribution in [2.45, 2.75) is 19.6 Å². The Kier molecular flexibility index (Phi) is 3.85. The standard InChI is InChI=1S/C10H15FN2O/c1-7(12)5-14-6-8-2-9(11)4-10(13)3-8/h2-4,7H,5-6,12-13H2,1H3/t7-/m1/s1. The molecule has 0 aliphatic carbocycles. The smallest absolute Gasteiger partial charge is 0.125 e. The quantitative estimate of drug-likeness (QED) is 0.716. The summed E-state index contributed by atoms with van der Waals surface area (Å²) >= 11 is 0. The number of halogens is 1. The summed E-state index contributed by atoms with van der Waals surface area (Å²) in [6, 6.07) is 4.34. The van der Waals surface area contributed by atoms with Gasteiger partial charge in [0.05, 0.1) is 13.2 Å². The molecule has 3 nitrogen and oxygen atoms in total. The summed E-state index contributed by atoms with van der Waals surface area (Å²) in [4.78, 5) is 0. The minimum atomic E-state index is -0.343. The van der Waals surface area contributed by atoms with Crippen LogP contribution >= 0.6 is 0 Å². The van der Waals surface area contributed by atoms with E-state index in [4.69, 9.17) is 16.2 Å². The topological polar surface area (TPSA) is 61.3 Å². The van der Waals surface area contributed by atoms with Gasteiger partial charge in [-0.05, 0) is 30.7 Å². The summed E-state index contributed by atoms with van der Waals surface area (Å²) in [5, 5.41) is 0. The van der Waals surface area contributed by atoms with Crippen LogP contribution in [0.3, 0.4) is 0 Å². The summed E-state index contributed by atoms with van der Waals surface area (Å²) < 4.78 is 18.1. The van der Waals surface area contributed by atoms with Gasteiger partial charge in [0, 0.05) is 11.7 Å². The van der Waals surface area contributed by atoms with Gasteiger partial charge in [0.1, 0.15) is 5.82 Å². The number of ether oxygens (including phenoxy) is 1. The number of nitrogen functional groups attached to an aromatic ring is 1. The van der Waals surface area contributed by atoms with Crippen LogP contribution in [0.25, 0.3) is 0 Å². The fraction of sp³-hybridized carbons (Fsp3) is 0.400. The molecule has 1 aromatic carbocycles. The van der Waals surface area contributed by atoms with Crippen molar-refractivity contribution in [2.24, 2.45) is 5.73 Å². The number of anilines is 1. The van der Waals surface area contributed by atoms with Crippen molar-refractivity contribution in [3.63, 3.8) is 0 Å². The van der Waals surface area contributed by atoms with Gasteiger partial charge in [-0.1, -0.05) is 0 Å². The van der Waals surface area contributed by atoms with Crippen LogP contribution in [-0.4, -0.2) is 12.6 Å². The second-order valence-electron chi connectivity index (χ2n) is 3.39. The van der Waals surface area contributed by atoms with Crippen LogP contribution in [0, 0.1) is 5.82 Å². The van der Waals surface area contributed by atoms with E-state index in [2.05, 4.69) is 0 Å². The van der Waals surface area contributed by atoms with Crippen LogP contribution in [-0.2, 0) is 11.3 Å². The third kappa shape index (κ3) is 3.72. The second kappa shape index (κ2) is 4.93. The molecule has 0 spiro atoms. The largest absolute Gasteiger partial charge is 0.399 e. The van der Waals surface area contributed by atoms with Crippen LogP contribution < -0.4 is 11.5 Å². The van der Waals surface area contributed by atoms with Crippen molar-refractivity contribution in [1.29, 1.82) is 0 Å². The molecule has 1 atom stereocenters. The number of hydrogen-bond donors (Lipinski definition) is 2. The molecule has 0 aromatic heterocycles.